The Morgan fingerprint density at radius 1 is 0.828 bits per heavy atom. The lowest BCUT2D eigenvalue weighted by molar-refractivity contribution is 0.0975. The zero-order valence-corrected chi connectivity index (χ0v) is 16.0. The number of rotatable bonds is 3. The molecule has 0 aliphatic carbocycles. The molecule has 0 radical (unpaired) electrons. The number of para-hydroxylation sites is 1. The van der Waals surface area contributed by atoms with Gasteiger partial charge < -0.3 is 10.1 Å². The Balaban J connectivity index is 1.71. The van der Waals surface area contributed by atoms with E-state index in [0.29, 0.717) is 5.56 Å². The second-order valence-electron chi connectivity index (χ2n) is 7.04. The number of amides is 1. The van der Waals surface area contributed by atoms with Crippen molar-refractivity contribution < 1.29 is 9.53 Å². The molecule has 1 aliphatic rings. The Bertz CT molecular complexity index is 1200. The van der Waals surface area contributed by atoms with Crippen LogP contribution in [0.3, 0.4) is 0 Å². The highest BCUT2D eigenvalue weighted by atomic mass is 16.5. The number of hydrogen-bond donors (Lipinski definition) is 1. The van der Waals surface area contributed by atoms with Crippen molar-refractivity contribution in [3.05, 3.63) is 102 Å². The number of methoxy groups -OCH3 is 1. The maximum Gasteiger partial charge on any atom is 0.262 e. The van der Waals surface area contributed by atoms with Crippen molar-refractivity contribution in [3.8, 4) is 5.75 Å². The lowest BCUT2D eigenvalue weighted by Crippen LogP contribution is -2.43. The molecule has 0 aromatic heterocycles. The highest BCUT2D eigenvalue weighted by Gasteiger charge is 2.34. The number of carbonyl (C=O) groups excluding carboxylic acids is 1. The fraction of sp³-hybridized carbons (Fsp3) is 0.0800. The first-order chi connectivity index (χ1) is 14.3. The number of nitrogens with zero attached hydrogens (tertiary/aromatic N) is 1. The third-order valence-electron chi connectivity index (χ3n) is 5.38. The lowest BCUT2D eigenvalue weighted by Gasteiger charge is -2.38. The second-order valence-corrected chi connectivity index (χ2v) is 7.04. The van der Waals surface area contributed by atoms with Gasteiger partial charge in [-0.15, -0.1) is 0 Å². The molecule has 0 saturated carbocycles. The summed E-state index contributed by atoms with van der Waals surface area (Å²) in [6.45, 7) is 0. The van der Waals surface area contributed by atoms with Crippen LogP contribution in [0, 0.1) is 0 Å². The van der Waals surface area contributed by atoms with Crippen molar-refractivity contribution in [1.82, 2.24) is 0 Å². The van der Waals surface area contributed by atoms with Crippen LogP contribution < -0.4 is 15.0 Å². The van der Waals surface area contributed by atoms with Crippen LogP contribution in [0.4, 0.5) is 11.4 Å². The van der Waals surface area contributed by atoms with E-state index in [-0.39, 0.29) is 12.1 Å². The largest absolute Gasteiger partial charge is 0.497 e. The number of anilines is 2. The Labute approximate surface area is 169 Å². The van der Waals surface area contributed by atoms with Crippen molar-refractivity contribution in [1.29, 1.82) is 0 Å². The van der Waals surface area contributed by atoms with Crippen LogP contribution in [-0.4, -0.2) is 13.0 Å². The Hall–Kier alpha value is -3.79. The maximum absolute atomic E-state index is 13.6. The molecule has 4 nitrogen and oxygen atoms in total. The molecule has 0 unspecified atom stereocenters. The van der Waals surface area contributed by atoms with Crippen LogP contribution in [0.2, 0.25) is 0 Å². The lowest BCUT2D eigenvalue weighted by atomic mass is 10.0. The molecule has 4 heteroatoms. The van der Waals surface area contributed by atoms with Crippen LogP contribution in [-0.2, 0) is 0 Å². The summed E-state index contributed by atoms with van der Waals surface area (Å²) in [5.74, 6) is 0.768. The van der Waals surface area contributed by atoms with E-state index in [1.807, 2.05) is 77.7 Å². The van der Waals surface area contributed by atoms with Crippen molar-refractivity contribution in [2.24, 2.45) is 0 Å². The van der Waals surface area contributed by atoms with Crippen LogP contribution in [0.25, 0.3) is 10.8 Å². The molecule has 0 bridgehead atoms. The fourth-order valence-corrected chi connectivity index (χ4v) is 3.94. The van der Waals surface area contributed by atoms with Gasteiger partial charge in [-0.3, -0.25) is 9.69 Å². The van der Waals surface area contributed by atoms with Gasteiger partial charge in [0.1, 0.15) is 11.9 Å². The van der Waals surface area contributed by atoms with Crippen molar-refractivity contribution in [2.75, 3.05) is 17.3 Å². The first-order valence-corrected chi connectivity index (χ1v) is 9.57. The minimum atomic E-state index is -0.325. The highest BCUT2D eigenvalue weighted by Crippen LogP contribution is 2.39. The fourth-order valence-electron chi connectivity index (χ4n) is 3.94. The van der Waals surface area contributed by atoms with Crippen LogP contribution in [0.1, 0.15) is 22.1 Å². The summed E-state index contributed by atoms with van der Waals surface area (Å²) in [6.07, 6.45) is -0.325. The number of nitrogens with one attached hydrogen (secondary N) is 1. The van der Waals surface area contributed by atoms with E-state index in [2.05, 4.69) is 23.5 Å². The molecule has 0 fully saturated rings. The zero-order valence-electron chi connectivity index (χ0n) is 16.0. The van der Waals surface area contributed by atoms with Gasteiger partial charge in [0.25, 0.3) is 5.91 Å². The van der Waals surface area contributed by atoms with Crippen molar-refractivity contribution in [2.45, 2.75) is 6.17 Å². The van der Waals surface area contributed by atoms with Crippen LogP contribution in [0.5, 0.6) is 5.75 Å². The van der Waals surface area contributed by atoms with Crippen molar-refractivity contribution >= 4 is 28.1 Å². The third kappa shape index (κ3) is 2.90. The molecule has 1 heterocycles. The number of hydrogen-bond acceptors (Lipinski definition) is 3. The maximum atomic E-state index is 13.6. The molecule has 1 amide bonds. The van der Waals surface area contributed by atoms with Gasteiger partial charge in [-0.05, 0) is 41.3 Å². The molecule has 1 aliphatic heterocycles. The molecule has 4 aromatic rings. The summed E-state index contributed by atoms with van der Waals surface area (Å²) in [5, 5.41) is 5.71. The van der Waals surface area contributed by atoms with E-state index < -0.39 is 0 Å². The van der Waals surface area contributed by atoms with E-state index in [4.69, 9.17) is 4.74 Å². The van der Waals surface area contributed by atoms with Crippen LogP contribution in [0.15, 0.2) is 91.0 Å². The topological polar surface area (TPSA) is 41.6 Å². The molecule has 5 rings (SSSR count). The van der Waals surface area contributed by atoms with E-state index in [1.165, 1.54) is 0 Å². The van der Waals surface area contributed by atoms with Gasteiger partial charge in [0.2, 0.25) is 0 Å². The first-order valence-electron chi connectivity index (χ1n) is 9.57. The second kappa shape index (κ2) is 6.99. The van der Waals surface area contributed by atoms with Gasteiger partial charge in [0, 0.05) is 11.1 Å². The molecule has 29 heavy (non-hydrogen) atoms. The molecule has 4 aromatic carbocycles. The minimum absolute atomic E-state index is 0.0171. The summed E-state index contributed by atoms with van der Waals surface area (Å²) < 4.78 is 5.30. The standard InChI is InChI=1S/C25H20N2O2/c1-29-19-15-13-18(14-16-19)24-26-22-11-5-4-10-21(22)25(28)27(24)23-12-6-8-17-7-2-3-9-20(17)23/h2-16,24,26H,1H3/t24-/m1/s1. The summed E-state index contributed by atoms with van der Waals surface area (Å²) >= 11 is 0. The molecule has 1 N–H and O–H groups in total. The highest BCUT2D eigenvalue weighted by molar-refractivity contribution is 6.15. The monoisotopic (exact) mass is 380 g/mol. The third-order valence-corrected chi connectivity index (χ3v) is 5.38. The Kier molecular flexibility index (Phi) is 4.17. The van der Waals surface area contributed by atoms with Gasteiger partial charge in [-0.1, -0.05) is 60.7 Å². The molecular formula is C25H20N2O2. The van der Waals surface area contributed by atoms with Gasteiger partial charge in [0.15, 0.2) is 0 Å². The van der Waals surface area contributed by atoms with Gasteiger partial charge in [-0.25, -0.2) is 0 Å². The minimum Gasteiger partial charge on any atom is -0.497 e. The summed E-state index contributed by atoms with van der Waals surface area (Å²) in [5.41, 5.74) is 3.39. The van der Waals surface area contributed by atoms with Gasteiger partial charge in [0.05, 0.1) is 18.4 Å². The van der Waals surface area contributed by atoms with Gasteiger partial charge in [-0.2, -0.15) is 0 Å². The van der Waals surface area contributed by atoms with Crippen molar-refractivity contribution in [3.63, 3.8) is 0 Å². The SMILES string of the molecule is COc1ccc([C@@H]2Nc3ccccc3C(=O)N2c2cccc3ccccc23)cc1. The number of carbonyl (C=O) groups is 1. The summed E-state index contributed by atoms with van der Waals surface area (Å²) in [7, 11) is 1.65. The molecule has 0 spiro atoms. The summed E-state index contributed by atoms with van der Waals surface area (Å²) in [6, 6.07) is 29.7. The van der Waals surface area contributed by atoms with E-state index in [0.717, 1.165) is 33.5 Å². The molecule has 0 saturated heterocycles. The number of benzene rings is 4. The quantitative estimate of drug-likeness (QED) is 0.502. The average Bonchev–Trinajstić information content (AvgIpc) is 2.79. The molecular weight excluding hydrogens is 360 g/mol. The summed E-state index contributed by atoms with van der Waals surface area (Å²) in [4.78, 5) is 15.5. The normalized spacial score (nSPS) is 15.7. The zero-order chi connectivity index (χ0) is 19.8. The Morgan fingerprint density at radius 3 is 2.38 bits per heavy atom. The van der Waals surface area contributed by atoms with E-state index in [9.17, 15) is 4.79 Å². The number of fused-ring (bicyclic) bond motifs is 2. The van der Waals surface area contributed by atoms with Crippen LogP contribution >= 0.6 is 0 Å². The van der Waals surface area contributed by atoms with E-state index in [1.54, 1.807) is 7.11 Å². The Morgan fingerprint density at radius 2 is 1.55 bits per heavy atom. The van der Waals surface area contributed by atoms with Gasteiger partial charge >= 0.3 is 0 Å². The predicted molar refractivity (Wildman–Crippen MR) is 117 cm³/mol. The molecule has 1 atom stereocenters. The average molecular weight is 380 g/mol. The first kappa shape index (κ1) is 17.3. The van der Waals surface area contributed by atoms with E-state index >= 15 is 0 Å². The number of ether oxygens (including phenoxy) is 1. The predicted octanol–water partition coefficient (Wildman–Crippen LogP) is 5.62. The molecule has 142 valence electrons. The smallest absolute Gasteiger partial charge is 0.262 e.